The van der Waals surface area contributed by atoms with Crippen LogP contribution >= 0.6 is 15.9 Å². The second-order valence-corrected chi connectivity index (χ2v) is 6.91. The van der Waals surface area contributed by atoms with Gasteiger partial charge in [0.1, 0.15) is 11.7 Å². The van der Waals surface area contributed by atoms with Gasteiger partial charge in [0.15, 0.2) is 0 Å². The van der Waals surface area contributed by atoms with Crippen LogP contribution in [-0.2, 0) is 0 Å². The average molecular weight is 398 g/mol. The SMILES string of the molecule is Cc1ccc2nc(-c3nnc(C(C)n4cc(Br)c(C)n4)o3)ccc2c1. The van der Waals surface area contributed by atoms with Crippen molar-refractivity contribution in [2.24, 2.45) is 0 Å². The summed E-state index contributed by atoms with van der Waals surface area (Å²) in [6.07, 6.45) is 1.90. The van der Waals surface area contributed by atoms with Crippen LogP contribution in [0.1, 0.15) is 30.1 Å². The molecule has 0 N–H and O–H groups in total. The summed E-state index contributed by atoms with van der Waals surface area (Å²) in [7, 11) is 0. The topological polar surface area (TPSA) is 69.6 Å². The molecule has 126 valence electrons. The van der Waals surface area contributed by atoms with Crippen LogP contribution < -0.4 is 0 Å². The fraction of sp³-hybridized carbons (Fsp3) is 0.222. The third-order valence-corrected chi connectivity index (χ3v) is 4.89. The number of halogens is 1. The van der Waals surface area contributed by atoms with Gasteiger partial charge in [-0.1, -0.05) is 17.7 Å². The Labute approximate surface area is 153 Å². The van der Waals surface area contributed by atoms with Crippen LogP contribution in [-0.4, -0.2) is 25.0 Å². The summed E-state index contributed by atoms with van der Waals surface area (Å²) in [5, 5.41) is 13.9. The highest BCUT2D eigenvalue weighted by atomic mass is 79.9. The Balaban J connectivity index is 1.67. The van der Waals surface area contributed by atoms with E-state index < -0.39 is 0 Å². The van der Waals surface area contributed by atoms with Crippen molar-refractivity contribution in [3.63, 3.8) is 0 Å². The van der Waals surface area contributed by atoms with E-state index in [1.807, 2.05) is 44.3 Å². The molecule has 3 aromatic heterocycles. The molecule has 1 atom stereocenters. The molecule has 0 aliphatic rings. The molecule has 0 aliphatic heterocycles. The van der Waals surface area contributed by atoms with Crippen molar-refractivity contribution in [3.8, 4) is 11.6 Å². The van der Waals surface area contributed by atoms with E-state index >= 15 is 0 Å². The molecule has 0 aliphatic carbocycles. The van der Waals surface area contributed by atoms with Gasteiger partial charge in [-0.05, 0) is 54.9 Å². The Morgan fingerprint density at radius 3 is 2.72 bits per heavy atom. The fourth-order valence-electron chi connectivity index (χ4n) is 2.64. The number of rotatable bonds is 3. The number of pyridine rings is 1. The number of fused-ring (bicyclic) bond motifs is 1. The van der Waals surface area contributed by atoms with E-state index in [1.165, 1.54) is 5.56 Å². The van der Waals surface area contributed by atoms with Crippen LogP contribution in [0.2, 0.25) is 0 Å². The minimum Gasteiger partial charge on any atom is -0.417 e. The predicted octanol–water partition coefficient (Wildman–Crippen LogP) is 4.47. The summed E-state index contributed by atoms with van der Waals surface area (Å²) < 4.78 is 8.60. The summed E-state index contributed by atoms with van der Waals surface area (Å²) in [5.74, 6) is 0.906. The van der Waals surface area contributed by atoms with Gasteiger partial charge in [-0.15, -0.1) is 10.2 Å². The molecule has 0 bridgehead atoms. The number of aromatic nitrogens is 5. The number of hydrogen-bond donors (Lipinski definition) is 0. The summed E-state index contributed by atoms with van der Waals surface area (Å²) in [6, 6.07) is 9.90. The van der Waals surface area contributed by atoms with Gasteiger partial charge in [-0.25, -0.2) is 4.98 Å². The Hall–Kier alpha value is -2.54. The molecule has 3 heterocycles. The summed E-state index contributed by atoms with van der Waals surface area (Å²) >= 11 is 3.47. The van der Waals surface area contributed by atoms with Crippen molar-refractivity contribution in [3.05, 3.63) is 58.1 Å². The number of aryl methyl sites for hydroxylation is 2. The number of benzene rings is 1. The smallest absolute Gasteiger partial charge is 0.266 e. The molecule has 6 nitrogen and oxygen atoms in total. The van der Waals surface area contributed by atoms with Crippen molar-refractivity contribution in [1.29, 1.82) is 0 Å². The molecule has 4 aromatic rings. The van der Waals surface area contributed by atoms with Gasteiger partial charge >= 0.3 is 0 Å². The third-order valence-electron chi connectivity index (χ3n) is 4.12. The highest BCUT2D eigenvalue weighted by Crippen LogP contribution is 2.25. The van der Waals surface area contributed by atoms with Crippen LogP contribution in [0.25, 0.3) is 22.5 Å². The van der Waals surface area contributed by atoms with Gasteiger partial charge in [-0.2, -0.15) is 5.10 Å². The third kappa shape index (κ3) is 2.95. The van der Waals surface area contributed by atoms with Gasteiger partial charge < -0.3 is 4.42 Å². The first kappa shape index (κ1) is 16.0. The predicted molar refractivity (Wildman–Crippen MR) is 98.2 cm³/mol. The van der Waals surface area contributed by atoms with Gasteiger partial charge in [0.05, 0.1) is 15.7 Å². The van der Waals surface area contributed by atoms with Gasteiger partial charge in [0, 0.05) is 11.6 Å². The molecular weight excluding hydrogens is 382 g/mol. The molecule has 0 amide bonds. The summed E-state index contributed by atoms with van der Waals surface area (Å²) in [5.41, 5.74) is 3.69. The molecular formula is C18H16BrN5O. The van der Waals surface area contributed by atoms with Crippen LogP contribution in [0.3, 0.4) is 0 Å². The maximum Gasteiger partial charge on any atom is 0.266 e. The molecule has 0 spiro atoms. The second-order valence-electron chi connectivity index (χ2n) is 6.06. The molecule has 4 rings (SSSR count). The van der Waals surface area contributed by atoms with E-state index in [0.29, 0.717) is 17.5 Å². The maximum absolute atomic E-state index is 5.85. The van der Waals surface area contributed by atoms with Gasteiger partial charge in [-0.3, -0.25) is 4.68 Å². The Kier molecular flexibility index (Phi) is 3.88. The van der Waals surface area contributed by atoms with Crippen LogP contribution in [0.15, 0.2) is 45.4 Å². The van der Waals surface area contributed by atoms with Crippen molar-refractivity contribution in [2.75, 3.05) is 0 Å². The van der Waals surface area contributed by atoms with E-state index in [1.54, 1.807) is 4.68 Å². The highest BCUT2D eigenvalue weighted by Gasteiger charge is 2.19. The molecule has 0 fully saturated rings. The summed E-state index contributed by atoms with van der Waals surface area (Å²) in [6.45, 7) is 5.97. The van der Waals surface area contributed by atoms with Crippen LogP contribution in [0, 0.1) is 13.8 Å². The Bertz CT molecular complexity index is 1050. The largest absolute Gasteiger partial charge is 0.417 e. The van der Waals surface area contributed by atoms with Crippen molar-refractivity contribution in [1.82, 2.24) is 25.0 Å². The molecule has 0 radical (unpaired) electrons. The minimum absolute atomic E-state index is 0.158. The van der Waals surface area contributed by atoms with E-state index in [2.05, 4.69) is 49.2 Å². The zero-order chi connectivity index (χ0) is 17.6. The minimum atomic E-state index is -0.158. The van der Waals surface area contributed by atoms with E-state index in [9.17, 15) is 0 Å². The first-order chi connectivity index (χ1) is 12.0. The lowest BCUT2D eigenvalue weighted by molar-refractivity contribution is 0.415. The lowest BCUT2D eigenvalue weighted by Gasteiger charge is -2.06. The Morgan fingerprint density at radius 2 is 1.96 bits per heavy atom. The van der Waals surface area contributed by atoms with E-state index in [0.717, 1.165) is 21.1 Å². The molecule has 0 saturated heterocycles. The zero-order valence-electron chi connectivity index (χ0n) is 14.1. The lowest BCUT2D eigenvalue weighted by Crippen LogP contribution is -2.07. The molecule has 0 saturated carbocycles. The zero-order valence-corrected chi connectivity index (χ0v) is 15.6. The normalized spacial score (nSPS) is 12.6. The van der Waals surface area contributed by atoms with Gasteiger partial charge in [0.25, 0.3) is 5.89 Å². The molecule has 1 aromatic carbocycles. The quantitative estimate of drug-likeness (QED) is 0.509. The molecule has 25 heavy (non-hydrogen) atoms. The van der Waals surface area contributed by atoms with Crippen molar-refractivity contribution < 1.29 is 4.42 Å². The van der Waals surface area contributed by atoms with Crippen LogP contribution in [0.5, 0.6) is 0 Å². The van der Waals surface area contributed by atoms with Crippen molar-refractivity contribution >= 4 is 26.8 Å². The fourth-order valence-corrected chi connectivity index (χ4v) is 2.93. The van der Waals surface area contributed by atoms with Crippen molar-refractivity contribution in [2.45, 2.75) is 26.8 Å². The highest BCUT2D eigenvalue weighted by molar-refractivity contribution is 9.10. The molecule has 7 heteroatoms. The van der Waals surface area contributed by atoms with E-state index in [-0.39, 0.29) is 6.04 Å². The lowest BCUT2D eigenvalue weighted by atomic mass is 10.1. The average Bonchev–Trinajstić information content (AvgIpc) is 3.21. The monoisotopic (exact) mass is 397 g/mol. The molecule has 1 unspecified atom stereocenters. The first-order valence-corrected chi connectivity index (χ1v) is 8.73. The Morgan fingerprint density at radius 1 is 1.12 bits per heavy atom. The summed E-state index contributed by atoms with van der Waals surface area (Å²) in [4.78, 5) is 4.62. The van der Waals surface area contributed by atoms with E-state index in [4.69, 9.17) is 4.42 Å². The number of hydrogen-bond acceptors (Lipinski definition) is 5. The maximum atomic E-state index is 5.85. The van der Waals surface area contributed by atoms with Gasteiger partial charge in [0.2, 0.25) is 5.89 Å². The van der Waals surface area contributed by atoms with Crippen LogP contribution in [0.4, 0.5) is 0 Å². The first-order valence-electron chi connectivity index (χ1n) is 7.94. The number of nitrogens with zero attached hydrogens (tertiary/aromatic N) is 5. The standard InChI is InChI=1S/C18H16BrN5O/c1-10-4-6-15-13(8-10)5-7-16(20-15)18-22-21-17(25-18)12(3)24-9-14(19)11(2)23-24/h4-9,12H,1-3H3. The second kappa shape index (κ2) is 6.07.